The molecule has 0 N–H and O–H groups in total. The van der Waals surface area contributed by atoms with Gasteiger partial charge in [-0.3, -0.25) is 0 Å². The molecule has 28 heavy (non-hydrogen) atoms. The Morgan fingerprint density at radius 3 is 2.36 bits per heavy atom. The van der Waals surface area contributed by atoms with E-state index in [1.54, 1.807) is 0 Å². The lowest BCUT2D eigenvalue weighted by Crippen LogP contribution is -2.33. The van der Waals surface area contributed by atoms with E-state index in [0.29, 0.717) is 12.2 Å². The summed E-state index contributed by atoms with van der Waals surface area (Å²) >= 11 is 3.50. The van der Waals surface area contributed by atoms with Crippen LogP contribution in [0.1, 0.15) is 69.7 Å². The highest BCUT2D eigenvalue weighted by Crippen LogP contribution is 2.46. The van der Waals surface area contributed by atoms with Gasteiger partial charge in [-0.15, -0.1) is 0 Å². The fourth-order valence-corrected chi connectivity index (χ4v) is 4.39. The third kappa shape index (κ3) is 4.25. The van der Waals surface area contributed by atoms with Crippen molar-refractivity contribution in [3.8, 4) is 0 Å². The van der Waals surface area contributed by atoms with Gasteiger partial charge in [0.15, 0.2) is 0 Å². The van der Waals surface area contributed by atoms with Crippen molar-refractivity contribution in [2.45, 2.75) is 58.3 Å². The number of esters is 1. The molecular formula is C25H29BrO2. The Bertz CT molecular complexity index is 922. The Labute approximate surface area is 177 Å². The monoisotopic (exact) mass is 440 g/mol. The summed E-state index contributed by atoms with van der Waals surface area (Å²) in [5.74, 6) is -0.294. The molecule has 0 radical (unpaired) electrons. The van der Waals surface area contributed by atoms with E-state index in [9.17, 15) is 4.79 Å². The predicted molar refractivity (Wildman–Crippen MR) is 120 cm³/mol. The summed E-state index contributed by atoms with van der Waals surface area (Å²) in [6, 6.07) is 14.4. The third-order valence-corrected chi connectivity index (χ3v) is 6.31. The van der Waals surface area contributed by atoms with Crippen molar-refractivity contribution in [2.75, 3.05) is 6.61 Å². The van der Waals surface area contributed by atoms with E-state index in [4.69, 9.17) is 4.74 Å². The molecule has 0 bridgehead atoms. The molecule has 1 aliphatic carbocycles. The summed E-state index contributed by atoms with van der Waals surface area (Å²) in [4.78, 5) is 12.7. The number of hydrogen-bond donors (Lipinski definition) is 0. The SMILES string of the molecule is CCOC(=O)/C(=C/c1ccc2c(c1)C(C)(C)CCC2(C)C)c1cccc(Br)c1. The first-order chi connectivity index (χ1) is 13.1. The zero-order valence-electron chi connectivity index (χ0n) is 17.4. The summed E-state index contributed by atoms with van der Waals surface area (Å²) in [5, 5.41) is 0. The zero-order valence-corrected chi connectivity index (χ0v) is 19.0. The molecule has 3 rings (SSSR count). The fourth-order valence-electron chi connectivity index (χ4n) is 3.99. The Morgan fingerprint density at radius 2 is 1.71 bits per heavy atom. The van der Waals surface area contributed by atoms with Crippen LogP contribution in [0.25, 0.3) is 11.6 Å². The number of rotatable bonds is 4. The maximum atomic E-state index is 12.7. The molecular weight excluding hydrogens is 412 g/mol. The standard InChI is InChI=1S/C25H29BrO2/c1-6-28-23(27)20(18-8-7-9-19(26)16-18)14-17-10-11-21-22(15-17)25(4,5)13-12-24(21,2)3/h7-11,14-16H,6,12-13H2,1-5H3/b20-14+. The number of ether oxygens (including phenoxy) is 1. The molecule has 0 fully saturated rings. The number of fused-ring (bicyclic) bond motifs is 1. The second-order valence-corrected chi connectivity index (χ2v) is 9.78. The van der Waals surface area contributed by atoms with E-state index in [-0.39, 0.29) is 16.8 Å². The summed E-state index contributed by atoms with van der Waals surface area (Å²) in [7, 11) is 0. The molecule has 0 saturated carbocycles. The predicted octanol–water partition coefficient (Wildman–Crippen LogP) is 6.90. The van der Waals surface area contributed by atoms with Crippen LogP contribution < -0.4 is 0 Å². The smallest absolute Gasteiger partial charge is 0.338 e. The minimum absolute atomic E-state index is 0.134. The minimum Gasteiger partial charge on any atom is -0.462 e. The van der Waals surface area contributed by atoms with Crippen LogP contribution in [-0.2, 0) is 20.4 Å². The molecule has 0 heterocycles. The van der Waals surface area contributed by atoms with Gasteiger partial charge in [0.05, 0.1) is 12.2 Å². The minimum atomic E-state index is -0.294. The Kier molecular flexibility index (Phi) is 5.86. The lowest BCUT2D eigenvalue weighted by atomic mass is 9.63. The molecule has 2 aromatic rings. The molecule has 148 valence electrons. The van der Waals surface area contributed by atoms with Crippen LogP contribution in [0.3, 0.4) is 0 Å². The number of carbonyl (C=O) groups is 1. The zero-order chi connectivity index (χ0) is 20.5. The average Bonchev–Trinajstić information content (AvgIpc) is 2.64. The van der Waals surface area contributed by atoms with Crippen molar-refractivity contribution in [1.82, 2.24) is 0 Å². The normalized spacial score (nSPS) is 17.7. The molecule has 0 unspecified atom stereocenters. The molecule has 2 nitrogen and oxygen atoms in total. The highest BCUT2D eigenvalue weighted by Gasteiger charge is 2.36. The Hall–Kier alpha value is -1.87. The lowest BCUT2D eigenvalue weighted by Gasteiger charge is -2.42. The second-order valence-electron chi connectivity index (χ2n) is 8.86. The van der Waals surface area contributed by atoms with Crippen LogP contribution in [0.15, 0.2) is 46.9 Å². The average molecular weight is 441 g/mol. The van der Waals surface area contributed by atoms with Crippen LogP contribution in [0.4, 0.5) is 0 Å². The van der Waals surface area contributed by atoms with Gasteiger partial charge in [0.2, 0.25) is 0 Å². The molecule has 0 saturated heterocycles. The van der Waals surface area contributed by atoms with Gasteiger partial charge < -0.3 is 4.74 Å². The van der Waals surface area contributed by atoms with Gasteiger partial charge in [-0.25, -0.2) is 4.79 Å². The molecule has 0 aliphatic heterocycles. The van der Waals surface area contributed by atoms with Crippen molar-refractivity contribution in [1.29, 1.82) is 0 Å². The topological polar surface area (TPSA) is 26.3 Å². The number of halogens is 1. The maximum absolute atomic E-state index is 12.7. The Morgan fingerprint density at radius 1 is 1.04 bits per heavy atom. The van der Waals surface area contributed by atoms with Crippen molar-refractivity contribution in [2.24, 2.45) is 0 Å². The van der Waals surface area contributed by atoms with Gasteiger partial charge in [0, 0.05) is 4.47 Å². The quantitative estimate of drug-likeness (QED) is 0.293. The van der Waals surface area contributed by atoms with Crippen molar-refractivity contribution in [3.05, 3.63) is 69.2 Å². The summed E-state index contributed by atoms with van der Waals surface area (Å²) in [6.45, 7) is 11.5. The Balaban J connectivity index is 2.12. The van der Waals surface area contributed by atoms with Crippen molar-refractivity contribution >= 4 is 33.5 Å². The highest BCUT2D eigenvalue weighted by molar-refractivity contribution is 9.10. The van der Waals surface area contributed by atoms with Crippen molar-refractivity contribution < 1.29 is 9.53 Å². The maximum Gasteiger partial charge on any atom is 0.338 e. The van der Waals surface area contributed by atoms with Gasteiger partial charge in [0.25, 0.3) is 0 Å². The van der Waals surface area contributed by atoms with Crippen LogP contribution >= 0.6 is 15.9 Å². The highest BCUT2D eigenvalue weighted by atomic mass is 79.9. The van der Waals surface area contributed by atoms with Gasteiger partial charge in [0.1, 0.15) is 0 Å². The molecule has 2 aromatic carbocycles. The molecule has 0 aromatic heterocycles. The van der Waals surface area contributed by atoms with E-state index in [1.165, 1.54) is 17.5 Å². The van der Waals surface area contributed by atoms with Gasteiger partial charge in [-0.05, 0) is 71.1 Å². The second kappa shape index (κ2) is 7.87. The van der Waals surface area contributed by atoms with E-state index in [1.807, 2.05) is 37.3 Å². The van der Waals surface area contributed by atoms with Crippen LogP contribution in [0.5, 0.6) is 0 Å². The number of hydrogen-bond acceptors (Lipinski definition) is 2. The fraction of sp³-hybridized carbons (Fsp3) is 0.400. The summed E-state index contributed by atoms with van der Waals surface area (Å²) in [6.07, 6.45) is 4.31. The number of benzene rings is 2. The van der Waals surface area contributed by atoms with Crippen LogP contribution in [-0.4, -0.2) is 12.6 Å². The molecule has 1 aliphatic rings. The lowest BCUT2D eigenvalue weighted by molar-refractivity contribution is -0.136. The molecule has 0 spiro atoms. The van der Waals surface area contributed by atoms with E-state index < -0.39 is 0 Å². The molecule has 0 atom stereocenters. The summed E-state index contributed by atoms with van der Waals surface area (Å²) in [5.41, 5.74) is 5.58. The molecule has 3 heteroatoms. The first-order valence-corrected chi connectivity index (χ1v) is 10.7. The third-order valence-electron chi connectivity index (χ3n) is 5.82. The van der Waals surface area contributed by atoms with Gasteiger partial charge in [-0.1, -0.05) is 74.0 Å². The largest absolute Gasteiger partial charge is 0.462 e. The first-order valence-electron chi connectivity index (χ1n) is 9.94. The molecule has 0 amide bonds. The summed E-state index contributed by atoms with van der Waals surface area (Å²) < 4.78 is 6.27. The van der Waals surface area contributed by atoms with E-state index in [0.717, 1.165) is 22.0 Å². The van der Waals surface area contributed by atoms with E-state index in [2.05, 4.69) is 61.8 Å². The first kappa shape index (κ1) is 20.9. The van der Waals surface area contributed by atoms with Gasteiger partial charge >= 0.3 is 5.97 Å². The van der Waals surface area contributed by atoms with Crippen LogP contribution in [0.2, 0.25) is 0 Å². The van der Waals surface area contributed by atoms with E-state index >= 15 is 0 Å². The van der Waals surface area contributed by atoms with Crippen LogP contribution in [0, 0.1) is 0 Å². The number of carbonyl (C=O) groups excluding carboxylic acids is 1. The van der Waals surface area contributed by atoms with Crippen molar-refractivity contribution in [3.63, 3.8) is 0 Å². The van der Waals surface area contributed by atoms with Gasteiger partial charge in [-0.2, -0.15) is 0 Å².